The van der Waals surface area contributed by atoms with Crippen molar-refractivity contribution in [2.75, 3.05) is 13.2 Å². The minimum atomic E-state index is -3.85. The van der Waals surface area contributed by atoms with Crippen LogP contribution in [-0.4, -0.2) is 79.3 Å². The van der Waals surface area contributed by atoms with Crippen molar-refractivity contribution >= 4 is 55.8 Å². The summed E-state index contributed by atoms with van der Waals surface area (Å²) >= 11 is 3.56. The van der Waals surface area contributed by atoms with Gasteiger partial charge in [-0.25, -0.2) is 13.2 Å². The van der Waals surface area contributed by atoms with Gasteiger partial charge in [0.25, 0.3) is 5.91 Å². The lowest BCUT2D eigenvalue weighted by Gasteiger charge is -2.29. The molecule has 12 nitrogen and oxygen atoms in total. The lowest BCUT2D eigenvalue weighted by molar-refractivity contribution is -0.141. The molecular formula is C33H43BrN4O8S. The molecule has 47 heavy (non-hydrogen) atoms. The molecule has 2 heterocycles. The molecule has 2 saturated carbocycles. The molecule has 2 aliphatic carbocycles. The van der Waals surface area contributed by atoms with E-state index in [1.54, 1.807) is 0 Å². The van der Waals surface area contributed by atoms with Crippen molar-refractivity contribution in [3.8, 4) is 0 Å². The van der Waals surface area contributed by atoms with Gasteiger partial charge in [-0.1, -0.05) is 53.9 Å². The Bertz CT molecular complexity index is 1530. The number of carbonyl (C=O) groups excluding carboxylic acids is 4. The molecule has 0 unspecified atom stereocenters. The average molecular weight is 736 g/mol. The minimum absolute atomic E-state index is 0.0805. The van der Waals surface area contributed by atoms with Crippen LogP contribution in [0.5, 0.6) is 0 Å². The predicted octanol–water partition coefficient (Wildman–Crippen LogP) is 3.70. The number of nitrogens with one attached hydrogen (secondary N) is 3. The zero-order chi connectivity index (χ0) is 33.8. The number of unbranched alkanes of at least 4 members (excludes halogenated alkanes) is 1. The molecule has 4 bridgehead atoms. The van der Waals surface area contributed by atoms with E-state index in [1.807, 2.05) is 37.3 Å². The van der Waals surface area contributed by atoms with Gasteiger partial charge in [0.05, 0.1) is 24.6 Å². The highest BCUT2D eigenvalue weighted by Gasteiger charge is 2.62. The standard InChI is InChI=1S/C33H43BrN4O8S/c1-3-5-10-27-30(40)38-19-25(46-20-22-14-21(15-24(34)16-22)9-7-6-8-13-45-32(42)35-27)17-28(38)29(39)36-33(18-23(33)4-2)31(41)37-47(43,44)26-11-12-26/h4,7,9,14-16,23,25-28H,2-3,5-6,8,10-13,17-20H2,1H3,(H,35,42)(H,36,39)(H,37,41)/b9-7+/t23-,25+,27-,28-,33-/m0/s1. The molecule has 3 N–H and O–H groups in total. The maximum absolute atomic E-state index is 14.1. The third-order valence-electron chi connectivity index (χ3n) is 9.06. The second kappa shape index (κ2) is 14.9. The summed E-state index contributed by atoms with van der Waals surface area (Å²) in [6.07, 6.45) is 8.61. The van der Waals surface area contributed by atoms with Crippen molar-refractivity contribution in [1.82, 2.24) is 20.3 Å². The second-order valence-electron chi connectivity index (χ2n) is 12.8. The van der Waals surface area contributed by atoms with Crippen LogP contribution in [0.4, 0.5) is 4.79 Å². The Balaban J connectivity index is 1.40. The van der Waals surface area contributed by atoms with Crippen LogP contribution in [0.2, 0.25) is 0 Å². The Morgan fingerprint density at radius 2 is 2.02 bits per heavy atom. The van der Waals surface area contributed by atoms with E-state index >= 15 is 0 Å². The van der Waals surface area contributed by atoms with Gasteiger partial charge in [-0.2, -0.15) is 0 Å². The van der Waals surface area contributed by atoms with Crippen molar-refractivity contribution in [3.05, 3.63) is 52.5 Å². The van der Waals surface area contributed by atoms with Gasteiger partial charge in [-0.15, -0.1) is 6.58 Å². The third-order valence-corrected chi connectivity index (χ3v) is 11.3. The number of benzene rings is 1. The van der Waals surface area contributed by atoms with Gasteiger partial charge in [0.1, 0.15) is 17.6 Å². The van der Waals surface area contributed by atoms with E-state index in [-0.39, 0.29) is 32.6 Å². The number of sulfonamides is 1. The van der Waals surface area contributed by atoms with Crippen LogP contribution in [0.25, 0.3) is 6.08 Å². The zero-order valence-corrected chi connectivity index (χ0v) is 28.9. The average Bonchev–Trinajstić information content (AvgIpc) is 3.95. The van der Waals surface area contributed by atoms with Crippen molar-refractivity contribution in [2.24, 2.45) is 5.92 Å². The molecule has 4 amide bonds. The first-order chi connectivity index (χ1) is 22.5. The lowest BCUT2D eigenvalue weighted by Crippen LogP contribution is -2.58. The molecule has 0 aromatic heterocycles. The number of hydrogen-bond acceptors (Lipinski definition) is 8. The zero-order valence-electron chi connectivity index (χ0n) is 26.5. The van der Waals surface area contributed by atoms with E-state index < -0.39 is 68.7 Å². The van der Waals surface area contributed by atoms with E-state index in [0.29, 0.717) is 38.5 Å². The van der Waals surface area contributed by atoms with Crippen molar-refractivity contribution in [3.63, 3.8) is 0 Å². The number of rotatable bonds is 9. The lowest BCUT2D eigenvalue weighted by atomic mass is 10.1. The summed E-state index contributed by atoms with van der Waals surface area (Å²) in [5.41, 5.74) is 0.372. The monoisotopic (exact) mass is 734 g/mol. The number of carbonyl (C=O) groups is 4. The molecule has 0 radical (unpaired) electrons. The molecule has 2 aliphatic heterocycles. The summed E-state index contributed by atoms with van der Waals surface area (Å²) in [4.78, 5) is 55.6. The van der Waals surface area contributed by atoms with E-state index in [9.17, 15) is 27.6 Å². The van der Waals surface area contributed by atoms with Crippen LogP contribution in [0, 0.1) is 5.92 Å². The molecule has 14 heteroatoms. The van der Waals surface area contributed by atoms with Gasteiger partial charge in [-0.3, -0.25) is 19.1 Å². The number of nitrogens with zero attached hydrogens (tertiary/aromatic N) is 1. The Labute approximate surface area is 284 Å². The van der Waals surface area contributed by atoms with Crippen LogP contribution in [0.15, 0.2) is 41.4 Å². The summed E-state index contributed by atoms with van der Waals surface area (Å²) in [6, 6.07) is 3.95. The van der Waals surface area contributed by atoms with E-state index in [0.717, 1.165) is 22.0 Å². The molecule has 4 aliphatic rings. The quantitative estimate of drug-likeness (QED) is 0.324. The number of amides is 4. The Hall–Kier alpha value is -3.23. The van der Waals surface area contributed by atoms with Gasteiger partial charge in [0, 0.05) is 23.4 Å². The summed E-state index contributed by atoms with van der Waals surface area (Å²) in [7, 11) is -3.85. The highest BCUT2D eigenvalue weighted by atomic mass is 79.9. The molecule has 1 aromatic rings. The molecule has 5 atom stereocenters. The van der Waals surface area contributed by atoms with Gasteiger partial charge in [0.2, 0.25) is 21.8 Å². The smallest absolute Gasteiger partial charge is 0.407 e. The third kappa shape index (κ3) is 8.63. The number of alkyl carbamates (subject to hydrolysis) is 1. The summed E-state index contributed by atoms with van der Waals surface area (Å²) in [5, 5.41) is 4.88. The fourth-order valence-electron chi connectivity index (χ4n) is 6.13. The Morgan fingerprint density at radius 1 is 1.23 bits per heavy atom. The molecule has 5 rings (SSSR count). The number of hydrogen-bond donors (Lipinski definition) is 3. The van der Waals surface area contributed by atoms with Gasteiger partial charge < -0.3 is 25.0 Å². The first kappa shape index (κ1) is 35.1. The van der Waals surface area contributed by atoms with Gasteiger partial charge in [-0.05, 0) is 67.9 Å². The summed E-state index contributed by atoms with van der Waals surface area (Å²) in [5.74, 6) is -2.35. The molecule has 256 valence electrons. The fourth-order valence-corrected chi connectivity index (χ4v) is 8.06. The first-order valence-electron chi connectivity index (χ1n) is 16.3. The summed E-state index contributed by atoms with van der Waals surface area (Å²) < 4.78 is 39.8. The molecule has 0 spiro atoms. The number of fused-ring (bicyclic) bond motifs is 4. The number of allylic oxidation sites excluding steroid dienone is 1. The summed E-state index contributed by atoms with van der Waals surface area (Å²) in [6.45, 7) is 6.21. The number of ether oxygens (including phenoxy) is 2. The maximum atomic E-state index is 14.1. The number of halogens is 1. The molecule has 1 saturated heterocycles. The Kier molecular flexibility index (Phi) is 11.1. The second-order valence-corrected chi connectivity index (χ2v) is 15.6. The van der Waals surface area contributed by atoms with Crippen molar-refractivity contribution in [2.45, 2.75) is 100 Å². The van der Waals surface area contributed by atoms with Crippen LogP contribution < -0.4 is 15.4 Å². The predicted molar refractivity (Wildman–Crippen MR) is 178 cm³/mol. The SMILES string of the molecule is C=C[C@H]1C[C@@]1(NC(=O)[C@@H]1C[C@@H]2CN1C(=O)[C@H](CCCC)NC(=O)OCCC/C=C/c1cc(Br)cc(c1)CO2)C(=O)NS(=O)(=O)C1CC1. The van der Waals surface area contributed by atoms with Crippen LogP contribution in [0.3, 0.4) is 0 Å². The number of cyclic esters (lactones) is 1. The first-order valence-corrected chi connectivity index (χ1v) is 18.6. The van der Waals surface area contributed by atoms with Crippen molar-refractivity contribution < 1.29 is 37.1 Å². The fraction of sp³-hybridized carbons (Fsp3) is 0.576. The normalized spacial score (nSPS) is 29.0. The largest absolute Gasteiger partial charge is 0.450 e. The van der Waals surface area contributed by atoms with Crippen LogP contribution in [-0.2, 0) is 40.5 Å². The van der Waals surface area contributed by atoms with E-state index in [2.05, 4.69) is 37.9 Å². The Morgan fingerprint density at radius 3 is 2.72 bits per heavy atom. The molecule has 3 fully saturated rings. The van der Waals surface area contributed by atoms with E-state index in [4.69, 9.17) is 9.47 Å². The molecular weight excluding hydrogens is 692 g/mol. The molecule has 1 aromatic carbocycles. The van der Waals surface area contributed by atoms with Crippen LogP contribution >= 0.6 is 15.9 Å². The highest BCUT2D eigenvalue weighted by Crippen LogP contribution is 2.45. The van der Waals surface area contributed by atoms with E-state index in [1.165, 1.54) is 11.0 Å². The topological polar surface area (TPSA) is 160 Å². The van der Waals surface area contributed by atoms with Gasteiger partial charge >= 0.3 is 6.09 Å². The van der Waals surface area contributed by atoms with Gasteiger partial charge in [0.15, 0.2) is 0 Å². The van der Waals surface area contributed by atoms with Crippen LogP contribution in [0.1, 0.15) is 75.8 Å². The van der Waals surface area contributed by atoms with Crippen molar-refractivity contribution in [1.29, 1.82) is 0 Å². The highest BCUT2D eigenvalue weighted by molar-refractivity contribution is 9.10. The minimum Gasteiger partial charge on any atom is -0.450 e. The maximum Gasteiger partial charge on any atom is 0.407 e.